The molecule has 0 saturated heterocycles. The summed E-state index contributed by atoms with van der Waals surface area (Å²) in [5, 5.41) is 13.9. The van der Waals surface area contributed by atoms with Gasteiger partial charge in [0, 0.05) is 23.0 Å². The zero-order valence-electron chi connectivity index (χ0n) is 9.31. The maximum absolute atomic E-state index is 11.0. The van der Waals surface area contributed by atoms with Gasteiger partial charge in [-0.2, -0.15) is 0 Å². The molecule has 0 unspecified atom stereocenters. The second-order valence-electron chi connectivity index (χ2n) is 3.90. The number of nitro groups is 1. The van der Waals surface area contributed by atoms with E-state index >= 15 is 0 Å². The van der Waals surface area contributed by atoms with Gasteiger partial charge in [0.1, 0.15) is 5.52 Å². The summed E-state index contributed by atoms with van der Waals surface area (Å²) in [5.74, 6) is 0. The van der Waals surface area contributed by atoms with Crippen molar-refractivity contribution in [1.82, 2.24) is 9.55 Å². The summed E-state index contributed by atoms with van der Waals surface area (Å²) >= 11 is 1.52. The van der Waals surface area contributed by atoms with Gasteiger partial charge in [0.25, 0.3) is 5.69 Å². The van der Waals surface area contributed by atoms with Gasteiger partial charge in [-0.05, 0) is 6.07 Å². The molecule has 0 fully saturated rings. The van der Waals surface area contributed by atoms with E-state index in [-0.39, 0.29) is 10.6 Å². The van der Waals surface area contributed by atoms with Crippen molar-refractivity contribution >= 4 is 27.9 Å². The number of fused-ring (bicyclic) bond motifs is 1. The maximum Gasteiger partial charge on any atom is 0.293 e. The van der Waals surface area contributed by atoms with Gasteiger partial charge in [0.05, 0.1) is 22.7 Å². The lowest BCUT2D eigenvalue weighted by molar-refractivity contribution is -0.383. The van der Waals surface area contributed by atoms with Gasteiger partial charge in [-0.25, -0.2) is 4.98 Å². The van der Waals surface area contributed by atoms with Gasteiger partial charge in [0.2, 0.25) is 0 Å². The Morgan fingerprint density at radius 3 is 3.00 bits per heavy atom. The quantitative estimate of drug-likeness (QED) is 0.536. The number of thiazole rings is 1. The van der Waals surface area contributed by atoms with E-state index in [0.717, 1.165) is 11.1 Å². The maximum atomic E-state index is 11.0. The van der Waals surface area contributed by atoms with Crippen molar-refractivity contribution < 1.29 is 4.92 Å². The third-order valence-electron chi connectivity index (χ3n) is 2.78. The van der Waals surface area contributed by atoms with Crippen molar-refractivity contribution in [2.24, 2.45) is 0 Å². The average Bonchev–Trinajstić information content (AvgIpc) is 2.99. The molecule has 3 aromatic rings. The van der Waals surface area contributed by atoms with E-state index in [2.05, 4.69) is 4.98 Å². The highest BCUT2D eigenvalue weighted by molar-refractivity contribution is 7.07. The highest BCUT2D eigenvalue weighted by Gasteiger charge is 2.15. The van der Waals surface area contributed by atoms with Crippen molar-refractivity contribution in [3.8, 4) is 0 Å². The largest absolute Gasteiger partial charge is 0.336 e. The topological polar surface area (TPSA) is 61.0 Å². The number of non-ortho nitro benzene ring substituents is 1. The Morgan fingerprint density at radius 2 is 2.28 bits per heavy atom. The molecule has 0 atom stereocenters. The Bertz CT molecular complexity index is 703. The van der Waals surface area contributed by atoms with Crippen LogP contribution >= 0.6 is 11.3 Å². The molecule has 5 nitrogen and oxygen atoms in total. The number of rotatable bonds is 3. The first-order chi connectivity index (χ1) is 8.75. The summed E-state index contributed by atoms with van der Waals surface area (Å²) in [5.41, 5.74) is 3.45. The van der Waals surface area contributed by atoms with E-state index in [1.165, 1.54) is 17.4 Å². The molecule has 6 heteroatoms. The van der Waals surface area contributed by atoms with Gasteiger partial charge in [-0.3, -0.25) is 10.1 Å². The van der Waals surface area contributed by atoms with Crippen molar-refractivity contribution in [3.63, 3.8) is 0 Å². The summed E-state index contributed by atoms with van der Waals surface area (Å²) in [6.07, 6.45) is 1.86. The second-order valence-corrected chi connectivity index (χ2v) is 4.61. The van der Waals surface area contributed by atoms with Crippen LogP contribution in [0.25, 0.3) is 10.9 Å². The van der Waals surface area contributed by atoms with Crippen LogP contribution in [0.4, 0.5) is 5.69 Å². The minimum atomic E-state index is -0.347. The first-order valence-corrected chi connectivity index (χ1v) is 6.29. The van der Waals surface area contributed by atoms with Crippen LogP contribution < -0.4 is 0 Å². The molecule has 1 aromatic carbocycles. The average molecular weight is 259 g/mol. The minimum absolute atomic E-state index is 0.132. The molecular formula is C12H9N3O2S. The molecule has 0 bridgehead atoms. The fraction of sp³-hybridized carbons (Fsp3) is 0.0833. The molecule has 3 rings (SSSR count). The Morgan fingerprint density at radius 1 is 1.39 bits per heavy atom. The summed E-state index contributed by atoms with van der Waals surface area (Å²) in [4.78, 5) is 14.9. The third kappa shape index (κ3) is 1.76. The first kappa shape index (κ1) is 10.9. The zero-order valence-corrected chi connectivity index (χ0v) is 10.1. The number of hydrogen-bond donors (Lipinski definition) is 0. The number of nitrogens with zero attached hydrogens (tertiary/aromatic N) is 3. The first-order valence-electron chi connectivity index (χ1n) is 5.35. The van der Waals surface area contributed by atoms with Crippen LogP contribution in [-0.4, -0.2) is 14.5 Å². The van der Waals surface area contributed by atoms with Crippen molar-refractivity contribution in [2.45, 2.75) is 6.54 Å². The fourth-order valence-corrected chi connectivity index (χ4v) is 2.56. The van der Waals surface area contributed by atoms with Gasteiger partial charge in [-0.15, -0.1) is 11.3 Å². The fourth-order valence-electron chi connectivity index (χ4n) is 2.01. The minimum Gasteiger partial charge on any atom is -0.336 e. The van der Waals surface area contributed by atoms with Gasteiger partial charge in [0.15, 0.2) is 0 Å². The SMILES string of the molecule is O=[N+]([O-])c1cccc2ccn(Cc3cscn3)c12. The molecule has 0 N–H and O–H groups in total. The van der Waals surface area contributed by atoms with E-state index in [0.29, 0.717) is 12.1 Å². The molecule has 2 aromatic heterocycles. The van der Waals surface area contributed by atoms with Gasteiger partial charge in [-0.1, -0.05) is 12.1 Å². The second kappa shape index (κ2) is 4.23. The number of benzene rings is 1. The summed E-state index contributed by atoms with van der Waals surface area (Å²) < 4.78 is 1.86. The molecule has 0 radical (unpaired) electrons. The lowest BCUT2D eigenvalue weighted by Crippen LogP contribution is -2.00. The zero-order chi connectivity index (χ0) is 12.5. The lowest BCUT2D eigenvalue weighted by Gasteiger charge is -2.03. The van der Waals surface area contributed by atoms with Crippen LogP contribution in [0.15, 0.2) is 41.4 Å². The van der Waals surface area contributed by atoms with Crippen LogP contribution in [0, 0.1) is 10.1 Å². The number of aromatic nitrogens is 2. The summed E-state index contributed by atoms with van der Waals surface area (Å²) in [6.45, 7) is 0.553. The third-order valence-corrected chi connectivity index (χ3v) is 3.41. The van der Waals surface area contributed by atoms with Crippen LogP contribution in [-0.2, 0) is 6.54 Å². The molecular weight excluding hydrogens is 250 g/mol. The predicted molar refractivity (Wildman–Crippen MR) is 69.8 cm³/mol. The van der Waals surface area contributed by atoms with Crippen molar-refractivity contribution in [2.75, 3.05) is 0 Å². The van der Waals surface area contributed by atoms with Crippen LogP contribution in [0.2, 0.25) is 0 Å². The summed E-state index contributed by atoms with van der Waals surface area (Å²) in [7, 11) is 0. The van der Waals surface area contributed by atoms with Gasteiger partial charge < -0.3 is 4.57 Å². The lowest BCUT2D eigenvalue weighted by atomic mass is 10.2. The Kier molecular flexibility index (Phi) is 2.56. The molecule has 0 aliphatic carbocycles. The molecule has 2 heterocycles. The smallest absolute Gasteiger partial charge is 0.293 e. The highest BCUT2D eigenvalue weighted by Crippen LogP contribution is 2.26. The van der Waals surface area contributed by atoms with Gasteiger partial charge >= 0.3 is 0 Å². The van der Waals surface area contributed by atoms with Crippen molar-refractivity contribution in [3.05, 3.63) is 57.2 Å². The molecule has 0 spiro atoms. The Hall–Kier alpha value is -2.21. The standard InChI is InChI=1S/C12H9N3O2S/c16-15(17)11-3-1-2-9-4-5-14(12(9)11)6-10-7-18-8-13-10/h1-5,7-8H,6H2. The molecule has 0 aliphatic heterocycles. The predicted octanol–water partition coefficient (Wildman–Crippen LogP) is 3.05. The molecule has 18 heavy (non-hydrogen) atoms. The van der Waals surface area contributed by atoms with E-state index in [9.17, 15) is 10.1 Å². The number of hydrogen-bond acceptors (Lipinski definition) is 4. The van der Waals surface area contributed by atoms with Crippen LogP contribution in [0.5, 0.6) is 0 Å². The van der Waals surface area contributed by atoms with Crippen LogP contribution in [0.1, 0.15) is 5.69 Å². The Labute approximate surface area is 106 Å². The molecule has 0 aliphatic rings. The summed E-state index contributed by atoms with van der Waals surface area (Å²) in [6, 6.07) is 6.99. The van der Waals surface area contributed by atoms with E-state index in [1.807, 2.05) is 28.3 Å². The van der Waals surface area contributed by atoms with E-state index < -0.39 is 0 Å². The monoisotopic (exact) mass is 259 g/mol. The number of para-hydroxylation sites is 1. The normalized spacial score (nSPS) is 10.9. The van der Waals surface area contributed by atoms with Crippen molar-refractivity contribution in [1.29, 1.82) is 0 Å². The molecule has 90 valence electrons. The molecule has 0 amide bonds. The Balaban J connectivity index is 2.15. The highest BCUT2D eigenvalue weighted by atomic mass is 32.1. The van der Waals surface area contributed by atoms with E-state index in [1.54, 1.807) is 11.6 Å². The number of nitro benzene ring substituents is 1. The molecule has 0 saturated carbocycles. The van der Waals surface area contributed by atoms with E-state index in [4.69, 9.17) is 0 Å². The van der Waals surface area contributed by atoms with Crippen LogP contribution in [0.3, 0.4) is 0 Å².